The number of hydrogen-bond acceptors (Lipinski definition) is 4. The summed E-state index contributed by atoms with van der Waals surface area (Å²) in [4.78, 5) is 15.1. The lowest BCUT2D eigenvalue weighted by molar-refractivity contribution is 0.119. The molecule has 4 rings (SSSR count). The molecule has 28 heavy (non-hydrogen) atoms. The van der Waals surface area contributed by atoms with Crippen molar-refractivity contribution in [3.63, 3.8) is 0 Å². The van der Waals surface area contributed by atoms with E-state index in [-0.39, 0.29) is 23.5 Å². The van der Waals surface area contributed by atoms with E-state index in [9.17, 15) is 15.0 Å². The number of phenolic OH excluding ortho intramolecular Hbond substituents is 1. The van der Waals surface area contributed by atoms with Crippen LogP contribution in [-0.4, -0.2) is 31.8 Å². The number of aromatic hydroxyl groups is 1. The first kappa shape index (κ1) is 19.1. The van der Waals surface area contributed by atoms with Crippen LogP contribution in [0.5, 0.6) is 5.75 Å². The first-order valence-corrected chi connectivity index (χ1v) is 9.95. The Bertz CT molecular complexity index is 1060. The average molecular weight is 402 g/mol. The SMILES string of the molecule is CC(CCc1ccc(Cl)cc1O)NC1CCn2c(=O)[nH]c3cccc(c32)C1O. The molecule has 0 bridgehead atoms. The topological polar surface area (TPSA) is 90.3 Å². The van der Waals surface area contributed by atoms with Crippen LogP contribution in [0.25, 0.3) is 11.0 Å². The molecule has 2 aromatic carbocycles. The molecule has 6 nitrogen and oxygen atoms in total. The Balaban J connectivity index is 1.47. The third-order valence-electron chi connectivity index (χ3n) is 5.58. The summed E-state index contributed by atoms with van der Waals surface area (Å²) in [6, 6.07) is 10.7. The van der Waals surface area contributed by atoms with Gasteiger partial charge in [0.25, 0.3) is 0 Å². The first-order chi connectivity index (χ1) is 13.4. The third kappa shape index (κ3) is 3.55. The fraction of sp³-hybridized carbons (Fsp3) is 0.381. The van der Waals surface area contributed by atoms with Crippen molar-refractivity contribution in [3.05, 3.63) is 63.0 Å². The molecule has 0 radical (unpaired) electrons. The smallest absolute Gasteiger partial charge is 0.326 e. The molecule has 7 heteroatoms. The van der Waals surface area contributed by atoms with E-state index in [0.717, 1.165) is 28.6 Å². The molecule has 0 fully saturated rings. The first-order valence-electron chi connectivity index (χ1n) is 9.57. The predicted molar refractivity (Wildman–Crippen MR) is 110 cm³/mol. The van der Waals surface area contributed by atoms with Crippen LogP contribution >= 0.6 is 11.6 Å². The number of rotatable bonds is 5. The number of benzene rings is 2. The lowest BCUT2D eigenvalue weighted by Gasteiger charge is -2.26. The lowest BCUT2D eigenvalue weighted by Crippen LogP contribution is -2.41. The molecular formula is C21H24ClN3O3. The highest BCUT2D eigenvalue weighted by Crippen LogP contribution is 2.30. The maximum atomic E-state index is 12.2. The van der Waals surface area contributed by atoms with Crippen molar-refractivity contribution < 1.29 is 10.2 Å². The zero-order valence-corrected chi connectivity index (χ0v) is 16.4. The van der Waals surface area contributed by atoms with Gasteiger partial charge in [0.2, 0.25) is 0 Å². The minimum atomic E-state index is -0.695. The van der Waals surface area contributed by atoms with Gasteiger partial charge in [-0.1, -0.05) is 29.8 Å². The molecule has 3 aromatic rings. The Kier molecular flexibility index (Phi) is 5.19. The number of halogens is 1. The summed E-state index contributed by atoms with van der Waals surface area (Å²) in [5.41, 5.74) is 3.04. The second kappa shape index (κ2) is 7.62. The number of nitrogens with zero attached hydrogens (tertiary/aromatic N) is 1. The standard InChI is InChI=1S/C21H24ClN3O3/c1-12(5-6-13-7-8-14(22)11-18(13)26)23-17-9-10-25-19-15(20(17)27)3-2-4-16(19)24-21(25)28/h2-4,7-8,11-12,17,20,23,26-27H,5-6,9-10H2,1H3,(H,24,28). The van der Waals surface area contributed by atoms with Crippen molar-refractivity contribution in [1.29, 1.82) is 0 Å². The van der Waals surface area contributed by atoms with Crippen LogP contribution in [0.2, 0.25) is 5.02 Å². The number of aromatic nitrogens is 2. The van der Waals surface area contributed by atoms with E-state index in [1.165, 1.54) is 0 Å². The van der Waals surface area contributed by atoms with E-state index in [1.54, 1.807) is 16.7 Å². The number of imidazole rings is 1. The van der Waals surface area contributed by atoms with Gasteiger partial charge in [-0.05, 0) is 49.9 Å². The predicted octanol–water partition coefficient (Wildman–Crippen LogP) is 3.11. The van der Waals surface area contributed by atoms with Crippen molar-refractivity contribution in [2.75, 3.05) is 0 Å². The van der Waals surface area contributed by atoms with Crippen molar-refractivity contribution in [1.82, 2.24) is 14.9 Å². The molecule has 3 unspecified atom stereocenters. The molecule has 1 aromatic heterocycles. The van der Waals surface area contributed by atoms with Gasteiger partial charge in [0.1, 0.15) is 5.75 Å². The molecule has 0 spiro atoms. The zero-order chi connectivity index (χ0) is 19.8. The second-order valence-corrected chi connectivity index (χ2v) is 7.98. The number of nitrogens with one attached hydrogen (secondary N) is 2. The van der Waals surface area contributed by atoms with Gasteiger partial charge in [-0.15, -0.1) is 0 Å². The van der Waals surface area contributed by atoms with Gasteiger partial charge in [0.05, 0.1) is 17.1 Å². The summed E-state index contributed by atoms with van der Waals surface area (Å²) < 4.78 is 1.71. The van der Waals surface area contributed by atoms with Gasteiger partial charge >= 0.3 is 5.69 Å². The Morgan fingerprint density at radius 1 is 1.36 bits per heavy atom. The van der Waals surface area contributed by atoms with Crippen molar-refractivity contribution >= 4 is 22.6 Å². The van der Waals surface area contributed by atoms with Gasteiger partial charge in [0.15, 0.2) is 0 Å². The molecule has 1 aliphatic heterocycles. The second-order valence-electron chi connectivity index (χ2n) is 7.54. The Labute approximate surface area is 167 Å². The normalized spacial score (nSPS) is 20.2. The number of aliphatic hydroxyl groups is 1. The van der Waals surface area contributed by atoms with E-state index in [0.29, 0.717) is 24.4 Å². The van der Waals surface area contributed by atoms with E-state index in [4.69, 9.17) is 11.6 Å². The lowest BCUT2D eigenvalue weighted by atomic mass is 9.98. The highest BCUT2D eigenvalue weighted by Gasteiger charge is 2.29. The molecule has 0 saturated heterocycles. The number of para-hydroxylation sites is 1. The summed E-state index contributed by atoms with van der Waals surface area (Å²) in [6.45, 7) is 2.62. The Morgan fingerprint density at radius 2 is 2.18 bits per heavy atom. The maximum absolute atomic E-state index is 12.2. The van der Waals surface area contributed by atoms with Crippen molar-refractivity contribution in [2.45, 2.75) is 50.9 Å². The summed E-state index contributed by atoms with van der Waals surface area (Å²) in [6.07, 6.45) is 1.46. The average Bonchev–Trinajstić information content (AvgIpc) is 2.91. The summed E-state index contributed by atoms with van der Waals surface area (Å²) in [5.74, 6) is 0.208. The molecule has 2 heterocycles. The maximum Gasteiger partial charge on any atom is 0.326 e. The van der Waals surface area contributed by atoms with Crippen LogP contribution < -0.4 is 11.0 Å². The van der Waals surface area contributed by atoms with Gasteiger partial charge in [-0.25, -0.2) is 4.79 Å². The number of phenols is 1. The van der Waals surface area contributed by atoms with E-state index >= 15 is 0 Å². The summed E-state index contributed by atoms with van der Waals surface area (Å²) in [5, 5.41) is 25.0. The van der Waals surface area contributed by atoms with Crippen molar-refractivity contribution in [2.24, 2.45) is 0 Å². The minimum Gasteiger partial charge on any atom is -0.508 e. The molecule has 3 atom stereocenters. The van der Waals surface area contributed by atoms with Crippen LogP contribution in [0.3, 0.4) is 0 Å². The van der Waals surface area contributed by atoms with Crippen LogP contribution in [-0.2, 0) is 13.0 Å². The van der Waals surface area contributed by atoms with Crippen LogP contribution in [0.1, 0.15) is 37.0 Å². The number of aromatic amines is 1. The largest absolute Gasteiger partial charge is 0.508 e. The fourth-order valence-corrected chi connectivity index (χ4v) is 4.25. The number of aliphatic hydroxyl groups excluding tert-OH is 1. The Hall–Kier alpha value is -2.28. The minimum absolute atomic E-state index is 0.129. The zero-order valence-electron chi connectivity index (χ0n) is 15.7. The highest BCUT2D eigenvalue weighted by molar-refractivity contribution is 6.30. The quantitative estimate of drug-likeness (QED) is 0.528. The van der Waals surface area contributed by atoms with Crippen LogP contribution in [0, 0.1) is 0 Å². The van der Waals surface area contributed by atoms with Crippen LogP contribution in [0.15, 0.2) is 41.2 Å². The molecule has 148 valence electrons. The van der Waals surface area contributed by atoms with E-state index < -0.39 is 6.10 Å². The van der Waals surface area contributed by atoms with Gasteiger partial charge in [0, 0.05) is 29.2 Å². The summed E-state index contributed by atoms with van der Waals surface area (Å²) >= 11 is 5.89. The summed E-state index contributed by atoms with van der Waals surface area (Å²) in [7, 11) is 0. The van der Waals surface area contributed by atoms with E-state index in [1.807, 2.05) is 24.3 Å². The third-order valence-corrected chi connectivity index (χ3v) is 5.82. The molecule has 1 aliphatic rings. The van der Waals surface area contributed by atoms with Gasteiger partial charge in [-0.3, -0.25) is 4.57 Å². The number of H-pyrrole nitrogens is 1. The highest BCUT2D eigenvalue weighted by atomic mass is 35.5. The van der Waals surface area contributed by atoms with Gasteiger partial charge < -0.3 is 20.5 Å². The van der Waals surface area contributed by atoms with Gasteiger partial charge in [-0.2, -0.15) is 0 Å². The number of aryl methyl sites for hydroxylation is 2. The van der Waals surface area contributed by atoms with Crippen LogP contribution in [0.4, 0.5) is 0 Å². The Morgan fingerprint density at radius 3 is 2.96 bits per heavy atom. The van der Waals surface area contributed by atoms with Crippen molar-refractivity contribution in [3.8, 4) is 5.75 Å². The fourth-order valence-electron chi connectivity index (χ4n) is 4.09. The molecule has 0 amide bonds. The molecule has 0 saturated carbocycles. The molecule has 0 aliphatic carbocycles. The monoisotopic (exact) mass is 401 g/mol. The van der Waals surface area contributed by atoms with E-state index in [2.05, 4.69) is 17.2 Å². The molecule has 4 N–H and O–H groups in total. The molecular weight excluding hydrogens is 378 g/mol. The number of hydrogen-bond donors (Lipinski definition) is 4.